The third-order valence-electron chi connectivity index (χ3n) is 2.53. The average molecular weight is 222 g/mol. The van der Waals surface area contributed by atoms with Gasteiger partial charge in [-0.25, -0.2) is 0 Å². The van der Waals surface area contributed by atoms with Gasteiger partial charge in [0.1, 0.15) is 0 Å². The maximum atomic E-state index is 11.6. The van der Waals surface area contributed by atoms with E-state index in [4.69, 9.17) is 11.5 Å². The molecule has 1 rings (SSSR count). The van der Waals surface area contributed by atoms with Crippen LogP contribution in [0.4, 0.5) is 0 Å². The van der Waals surface area contributed by atoms with Gasteiger partial charge < -0.3 is 16.4 Å². The molecule has 4 N–H and O–H groups in total. The first-order chi connectivity index (χ1) is 6.15. The number of nitrogens with zero attached hydrogens (tertiary/aromatic N) is 1. The Bertz CT molecular complexity index is 189. The molecule has 1 fully saturated rings. The second kappa shape index (κ2) is 6.22. The van der Waals surface area contributed by atoms with Gasteiger partial charge in [0.05, 0.1) is 6.04 Å². The fraction of sp³-hybridized carbons (Fsp3) is 0.889. The second-order valence-corrected chi connectivity index (χ2v) is 3.70. The molecule has 84 valence electrons. The lowest BCUT2D eigenvalue weighted by molar-refractivity contribution is -0.133. The van der Waals surface area contributed by atoms with Gasteiger partial charge in [-0.1, -0.05) is 6.92 Å². The Labute approximate surface area is 91.4 Å². The van der Waals surface area contributed by atoms with Crippen LogP contribution in [0.1, 0.15) is 26.2 Å². The Kier molecular flexibility index (Phi) is 6.08. The molecule has 0 unspecified atom stereocenters. The molecular formula is C9H20ClN3O. The van der Waals surface area contributed by atoms with Gasteiger partial charge in [-0.15, -0.1) is 12.4 Å². The molecule has 5 heteroatoms. The number of carbonyl (C=O) groups excluding carboxylic acids is 1. The summed E-state index contributed by atoms with van der Waals surface area (Å²) in [5, 5.41) is 0. The molecule has 0 aliphatic carbocycles. The van der Waals surface area contributed by atoms with E-state index in [0.29, 0.717) is 13.0 Å². The first kappa shape index (κ1) is 13.7. The summed E-state index contributed by atoms with van der Waals surface area (Å²) in [5.41, 5.74) is 11.4. The topological polar surface area (TPSA) is 72.4 Å². The molecule has 0 radical (unpaired) electrons. The zero-order chi connectivity index (χ0) is 9.84. The van der Waals surface area contributed by atoms with Crippen molar-refractivity contribution in [2.75, 3.05) is 13.1 Å². The Balaban J connectivity index is 0.00000169. The minimum Gasteiger partial charge on any atom is -0.340 e. The quantitative estimate of drug-likeness (QED) is 0.695. The van der Waals surface area contributed by atoms with Gasteiger partial charge in [0.25, 0.3) is 0 Å². The minimum absolute atomic E-state index is 0. The monoisotopic (exact) mass is 221 g/mol. The molecule has 14 heavy (non-hydrogen) atoms. The predicted octanol–water partition coefficient (Wildman–Crippen LogP) is 0.0952. The summed E-state index contributed by atoms with van der Waals surface area (Å²) in [5.74, 6) is 0.0534. The van der Waals surface area contributed by atoms with Crippen molar-refractivity contribution >= 4 is 18.3 Å². The van der Waals surface area contributed by atoms with E-state index < -0.39 is 0 Å². The Morgan fingerprint density at radius 3 is 2.79 bits per heavy atom. The highest BCUT2D eigenvalue weighted by molar-refractivity contribution is 5.85. The van der Waals surface area contributed by atoms with Gasteiger partial charge in [0.15, 0.2) is 0 Å². The number of hydrogen-bond donors (Lipinski definition) is 2. The molecule has 0 aromatic heterocycles. The van der Waals surface area contributed by atoms with Crippen molar-refractivity contribution in [3.8, 4) is 0 Å². The number of nitrogens with two attached hydrogens (primary N) is 2. The van der Waals surface area contributed by atoms with Crippen molar-refractivity contribution in [3.05, 3.63) is 0 Å². The van der Waals surface area contributed by atoms with Gasteiger partial charge in [-0.05, 0) is 19.3 Å². The lowest BCUT2D eigenvalue weighted by Crippen LogP contribution is -2.51. The smallest absolute Gasteiger partial charge is 0.239 e. The summed E-state index contributed by atoms with van der Waals surface area (Å²) in [4.78, 5) is 13.4. The minimum atomic E-state index is -0.342. The summed E-state index contributed by atoms with van der Waals surface area (Å²) in [6.45, 7) is 3.42. The Hall–Kier alpha value is -0.320. The number of amides is 1. The highest BCUT2D eigenvalue weighted by Crippen LogP contribution is 2.09. The fourth-order valence-corrected chi connectivity index (χ4v) is 1.62. The van der Waals surface area contributed by atoms with Crippen molar-refractivity contribution in [1.82, 2.24) is 4.90 Å². The average Bonchev–Trinajstić information content (AvgIpc) is 2.15. The van der Waals surface area contributed by atoms with Gasteiger partial charge >= 0.3 is 0 Å². The van der Waals surface area contributed by atoms with E-state index in [2.05, 4.69) is 0 Å². The molecule has 1 heterocycles. The molecule has 1 amide bonds. The predicted molar refractivity (Wildman–Crippen MR) is 59.3 cm³/mol. The Morgan fingerprint density at radius 1 is 1.64 bits per heavy atom. The highest BCUT2D eigenvalue weighted by Gasteiger charge is 2.24. The number of halogens is 1. The van der Waals surface area contributed by atoms with Crippen LogP contribution in [0.3, 0.4) is 0 Å². The van der Waals surface area contributed by atoms with Crippen molar-refractivity contribution in [2.24, 2.45) is 11.5 Å². The molecule has 0 bridgehead atoms. The van der Waals surface area contributed by atoms with Crippen molar-refractivity contribution in [2.45, 2.75) is 38.3 Å². The summed E-state index contributed by atoms with van der Waals surface area (Å²) >= 11 is 0. The molecule has 1 aliphatic rings. The maximum Gasteiger partial charge on any atom is 0.239 e. The molecule has 1 saturated heterocycles. The number of hydrogen-bond acceptors (Lipinski definition) is 3. The lowest BCUT2D eigenvalue weighted by Gasteiger charge is -2.32. The largest absolute Gasteiger partial charge is 0.340 e. The zero-order valence-corrected chi connectivity index (χ0v) is 9.43. The summed E-state index contributed by atoms with van der Waals surface area (Å²) in [6.07, 6.45) is 2.72. The van der Waals surface area contributed by atoms with Crippen LogP contribution in [0, 0.1) is 0 Å². The van der Waals surface area contributed by atoms with Crippen LogP contribution in [-0.2, 0) is 4.79 Å². The zero-order valence-electron chi connectivity index (χ0n) is 8.61. The van der Waals surface area contributed by atoms with E-state index in [1.54, 1.807) is 4.90 Å². The van der Waals surface area contributed by atoms with Crippen LogP contribution in [-0.4, -0.2) is 36.0 Å². The second-order valence-electron chi connectivity index (χ2n) is 3.70. The van der Waals surface area contributed by atoms with E-state index in [-0.39, 0.29) is 30.4 Å². The molecular weight excluding hydrogens is 202 g/mol. The van der Waals surface area contributed by atoms with E-state index in [1.807, 2.05) is 6.92 Å². The summed E-state index contributed by atoms with van der Waals surface area (Å²) in [6, 6.07) is -0.202. The highest BCUT2D eigenvalue weighted by atomic mass is 35.5. The number of likely N-dealkylation sites (tertiary alicyclic amines) is 1. The third-order valence-corrected chi connectivity index (χ3v) is 2.53. The standard InChI is InChI=1S/C9H19N3O.ClH/c1-2-8(11)9(13)12-5-3-4-7(10)6-12;/h7-8H,2-6,10-11H2,1H3;1H/t7-,8-;/m1./s1. The van der Waals surface area contributed by atoms with Crippen molar-refractivity contribution in [3.63, 3.8) is 0 Å². The SMILES string of the molecule is CC[C@@H](N)C(=O)N1CCC[C@@H](N)C1.Cl. The lowest BCUT2D eigenvalue weighted by atomic mass is 10.1. The first-order valence-corrected chi connectivity index (χ1v) is 4.95. The Morgan fingerprint density at radius 2 is 2.29 bits per heavy atom. The first-order valence-electron chi connectivity index (χ1n) is 4.95. The van der Waals surface area contributed by atoms with Crippen molar-refractivity contribution in [1.29, 1.82) is 0 Å². The van der Waals surface area contributed by atoms with Gasteiger partial charge in [-0.3, -0.25) is 4.79 Å². The normalized spacial score (nSPS) is 23.9. The van der Waals surface area contributed by atoms with Crippen LogP contribution >= 0.6 is 12.4 Å². The molecule has 0 saturated carbocycles. The molecule has 4 nitrogen and oxygen atoms in total. The van der Waals surface area contributed by atoms with E-state index in [9.17, 15) is 4.79 Å². The van der Waals surface area contributed by atoms with E-state index in [1.165, 1.54) is 0 Å². The maximum absolute atomic E-state index is 11.6. The molecule has 1 aliphatic heterocycles. The van der Waals surface area contributed by atoms with Crippen LogP contribution in [0.15, 0.2) is 0 Å². The van der Waals surface area contributed by atoms with E-state index >= 15 is 0 Å². The van der Waals surface area contributed by atoms with Gasteiger partial charge in [0.2, 0.25) is 5.91 Å². The van der Waals surface area contributed by atoms with Gasteiger partial charge in [0, 0.05) is 19.1 Å². The van der Waals surface area contributed by atoms with Crippen LogP contribution in [0.5, 0.6) is 0 Å². The summed E-state index contributed by atoms with van der Waals surface area (Å²) in [7, 11) is 0. The third kappa shape index (κ3) is 3.44. The van der Waals surface area contributed by atoms with Crippen LogP contribution in [0.25, 0.3) is 0 Å². The van der Waals surface area contributed by atoms with E-state index in [0.717, 1.165) is 19.4 Å². The number of carbonyl (C=O) groups is 1. The molecule has 0 aromatic carbocycles. The number of rotatable bonds is 2. The number of piperidine rings is 1. The molecule has 0 spiro atoms. The van der Waals surface area contributed by atoms with Crippen molar-refractivity contribution < 1.29 is 4.79 Å². The van der Waals surface area contributed by atoms with Crippen LogP contribution in [0.2, 0.25) is 0 Å². The fourth-order valence-electron chi connectivity index (χ4n) is 1.62. The molecule has 2 atom stereocenters. The molecule has 0 aromatic rings. The van der Waals surface area contributed by atoms with Crippen LogP contribution < -0.4 is 11.5 Å². The summed E-state index contributed by atoms with van der Waals surface area (Å²) < 4.78 is 0. The van der Waals surface area contributed by atoms with Gasteiger partial charge in [-0.2, -0.15) is 0 Å².